The molecular formula is C10H16N6O4. The van der Waals surface area contributed by atoms with E-state index in [1.807, 2.05) is 0 Å². The molecule has 0 aliphatic rings. The number of amides is 3. The number of aromatic nitrogens is 3. The zero-order valence-corrected chi connectivity index (χ0v) is 11.1. The number of hydrogen-bond acceptors (Lipinski definition) is 5. The van der Waals surface area contributed by atoms with Gasteiger partial charge in [-0.15, -0.1) is 5.10 Å². The topological polar surface area (TPSA) is 138 Å². The monoisotopic (exact) mass is 284 g/mol. The second-order valence-corrected chi connectivity index (χ2v) is 3.96. The van der Waals surface area contributed by atoms with Crippen LogP contribution in [0.5, 0.6) is 0 Å². The number of likely N-dealkylation sites (N-methyl/N-ethyl adjacent to an activating group) is 1. The number of nitrogens with one attached hydrogen (secondary N) is 3. The van der Waals surface area contributed by atoms with Gasteiger partial charge in [0.25, 0.3) is 0 Å². The van der Waals surface area contributed by atoms with E-state index in [-0.39, 0.29) is 19.0 Å². The smallest absolute Gasteiger partial charge is 0.325 e. The van der Waals surface area contributed by atoms with Crippen LogP contribution >= 0.6 is 0 Å². The molecule has 0 spiro atoms. The Morgan fingerprint density at radius 3 is 2.75 bits per heavy atom. The Morgan fingerprint density at radius 2 is 2.15 bits per heavy atom. The molecular weight excluding hydrogens is 268 g/mol. The predicted octanol–water partition coefficient (Wildman–Crippen LogP) is -1.70. The minimum atomic E-state index is -1.04. The quantitative estimate of drug-likeness (QED) is 0.491. The van der Waals surface area contributed by atoms with E-state index in [1.54, 1.807) is 6.92 Å². The predicted molar refractivity (Wildman–Crippen MR) is 66.6 cm³/mol. The molecule has 1 atom stereocenters. The molecule has 1 unspecified atom stereocenters. The summed E-state index contributed by atoms with van der Waals surface area (Å²) in [4.78, 5) is 33.1. The van der Waals surface area contributed by atoms with Crippen molar-refractivity contribution in [1.29, 1.82) is 0 Å². The highest BCUT2D eigenvalue weighted by molar-refractivity contribution is 5.86. The maximum Gasteiger partial charge on any atom is 0.325 e. The van der Waals surface area contributed by atoms with Crippen molar-refractivity contribution in [3.63, 3.8) is 0 Å². The summed E-state index contributed by atoms with van der Waals surface area (Å²) >= 11 is 0. The first-order chi connectivity index (χ1) is 9.42. The average molecular weight is 284 g/mol. The molecule has 0 fully saturated rings. The lowest BCUT2D eigenvalue weighted by Crippen LogP contribution is -2.47. The van der Waals surface area contributed by atoms with Crippen LogP contribution in [-0.2, 0) is 22.7 Å². The van der Waals surface area contributed by atoms with Crippen LogP contribution in [-0.4, -0.2) is 51.1 Å². The van der Waals surface area contributed by atoms with Crippen molar-refractivity contribution in [2.24, 2.45) is 0 Å². The fourth-order valence-electron chi connectivity index (χ4n) is 1.34. The standard InChI is InChI=1S/C10H16N6O4/c1-6(9(19)11-2)13-10(20)12-3-7-4-16(15-14-7)5-8(17)18/h4,6H,3,5H2,1-2H3,(H,11,19)(H,17,18)(H2,12,13,20). The second-order valence-electron chi connectivity index (χ2n) is 3.96. The van der Waals surface area contributed by atoms with Crippen molar-refractivity contribution in [2.45, 2.75) is 26.1 Å². The van der Waals surface area contributed by atoms with Crippen LogP contribution in [0.1, 0.15) is 12.6 Å². The van der Waals surface area contributed by atoms with Gasteiger partial charge in [-0.25, -0.2) is 9.48 Å². The zero-order valence-electron chi connectivity index (χ0n) is 11.1. The lowest BCUT2D eigenvalue weighted by atomic mass is 10.3. The number of urea groups is 1. The van der Waals surface area contributed by atoms with Gasteiger partial charge in [0, 0.05) is 7.05 Å². The van der Waals surface area contributed by atoms with E-state index in [0.717, 1.165) is 4.68 Å². The van der Waals surface area contributed by atoms with E-state index in [4.69, 9.17) is 5.11 Å². The third-order valence-corrected chi connectivity index (χ3v) is 2.30. The highest BCUT2D eigenvalue weighted by atomic mass is 16.4. The van der Waals surface area contributed by atoms with Gasteiger partial charge in [-0.05, 0) is 6.92 Å². The van der Waals surface area contributed by atoms with Gasteiger partial charge >= 0.3 is 12.0 Å². The van der Waals surface area contributed by atoms with Gasteiger partial charge in [-0.1, -0.05) is 5.21 Å². The third kappa shape index (κ3) is 4.92. The van der Waals surface area contributed by atoms with Crippen molar-refractivity contribution >= 4 is 17.9 Å². The summed E-state index contributed by atoms with van der Waals surface area (Å²) in [5.74, 6) is -1.35. The molecule has 0 radical (unpaired) electrons. The van der Waals surface area contributed by atoms with Gasteiger partial charge in [0.15, 0.2) is 0 Å². The Balaban J connectivity index is 2.39. The number of nitrogens with zero attached hydrogens (tertiary/aromatic N) is 3. The van der Waals surface area contributed by atoms with Crippen LogP contribution < -0.4 is 16.0 Å². The molecule has 4 N–H and O–H groups in total. The molecule has 1 heterocycles. The number of rotatable bonds is 6. The number of carboxylic acids is 1. The normalized spacial score (nSPS) is 11.5. The van der Waals surface area contributed by atoms with E-state index < -0.39 is 18.0 Å². The molecule has 1 aromatic heterocycles. The van der Waals surface area contributed by atoms with Crippen molar-refractivity contribution in [2.75, 3.05) is 7.05 Å². The second kappa shape index (κ2) is 7.07. The zero-order chi connectivity index (χ0) is 15.1. The third-order valence-electron chi connectivity index (χ3n) is 2.30. The molecule has 0 bridgehead atoms. The lowest BCUT2D eigenvalue weighted by molar-refractivity contribution is -0.137. The van der Waals surface area contributed by atoms with Crippen LogP contribution in [0.2, 0.25) is 0 Å². The molecule has 0 aromatic carbocycles. The molecule has 0 saturated carbocycles. The molecule has 1 aromatic rings. The highest BCUT2D eigenvalue weighted by Gasteiger charge is 2.13. The summed E-state index contributed by atoms with van der Waals surface area (Å²) in [5, 5.41) is 23.2. The van der Waals surface area contributed by atoms with Gasteiger partial charge in [0.05, 0.1) is 12.7 Å². The first-order valence-corrected chi connectivity index (χ1v) is 5.79. The van der Waals surface area contributed by atoms with Crippen LogP contribution in [0.25, 0.3) is 0 Å². The number of aliphatic carboxylic acids is 1. The number of hydrogen-bond donors (Lipinski definition) is 4. The van der Waals surface area contributed by atoms with Gasteiger partial charge in [0.1, 0.15) is 18.3 Å². The summed E-state index contributed by atoms with van der Waals surface area (Å²) in [6.45, 7) is 1.32. The van der Waals surface area contributed by atoms with Gasteiger partial charge in [-0.3, -0.25) is 9.59 Å². The molecule has 0 saturated heterocycles. The maximum atomic E-state index is 11.5. The molecule has 0 aliphatic carbocycles. The molecule has 20 heavy (non-hydrogen) atoms. The molecule has 110 valence electrons. The van der Waals surface area contributed by atoms with Crippen molar-refractivity contribution in [1.82, 2.24) is 30.9 Å². The van der Waals surface area contributed by atoms with Gasteiger partial charge < -0.3 is 21.1 Å². The van der Waals surface area contributed by atoms with Crippen molar-refractivity contribution in [3.8, 4) is 0 Å². The molecule has 3 amide bonds. The minimum absolute atomic E-state index is 0.0753. The molecule has 1 rings (SSSR count). The summed E-state index contributed by atoms with van der Waals surface area (Å²) in [7, 11) is 1.47. The average Bonchev–Trinajstić information content (AvgIpc) is 2.82. The van der Waals surface area contributed by atoms with E-state index >= 15 is 0 Å². The maximum absolute atomic E-state index is 11.5. The summed E-state index contributed by atoms with van der Waals surface area (Å²) in [6, 6.07) is -1.20. The minimum Gasteiger partial charge on any atom is -0.480 e. The molecule has 0 aliphatic heterocycles. The fraction of sp³-hybridized carbons (Fsp3) is 0.500. The van der Waals surface area contributed by atoms with E-state index in [1.165, 1.54) is 13.2 Å². The summed E-state index contributed by atoms with van der Waals surface area (Å²) in [5.41, 5.74) is 0.411. The lowest BCUT2D eigenvalue weighted by Gasteiger charge is -2.12. The van der Waals surface area contributed by atoms with Crippen LogP contribution in [0.4, 0.5) is 4.79 Å². The summed E-state index contributed by atoms with van der Waals surface area (Å²) in [6.07, 6.45) is 1.41. The van der Waals surface area contributed by atoms with E-state index in [9.17, 15) is 14.4 Å². The number of carbonyl (C=O) groups is 3. The summed E-state index contributed by atoms with van der Waals surface area (Å²) < 4.78 is 1.14. The molecule has 10 nitrogen and oxygen atoms in total. The van der Waals surface area contributed by atoms with E-state index in [0.29, 0.717) is 5.69 Å². The Hall–Kier alpha value is -2.65. The number of carbonyl (C=O) groups excluding carboxylic acids is 2. The Labute approximate surface area is 114 Å². The largest absolute Gasteiger partial charge is 0.480 e. The van der Waals surface area contributed by atoms with Crippen molar-refractivity contribution < 1.29 is 19.5 Å². The van der Waals surface area contributed by atoms with Gasteiger partial charge in [0.2, 0.25) is 5.91 Å². The Kier molecular flexibility index (Phi) is 5.44. The highest BCUT2D eigenvalue weighted by Crippen LogP contribution is 1.92. The first kappa shape index (κ1) is 15.4. The fourth-order valence-corrected chi connectivity index (χ4v) is 1.34. The Morgan fingerprint density at radius 1 is 1.45 bits per heavy atom. The van der Waals surface area contributed by atoms with E-state index in [2.05, 4.69) is 26.3 Å². The first-order valence-electron chi connectivity index (χ1n) is 5.79. The van der Waals surface area contributed by atoms with Gasteiger partial charge in [-0.2, -0.15) is 0 Å². The van der Waals surface area contributed by atoms with Crippen LogP contribution in [0.3, 0.4) is 0 Å². The van der Waals surface area contributed by atoms with Crippen LogP contribution in [0, 0.1) is 0 Å². The Bertz CT molecular complexity index is 500. The number of carboxylic acid groups (broad SMARTS) is 1. The van der Waals surface area contributed by atoms with Crippen molar-refractivity contribution in [3.05, 3.63) is 11.9 Å². The van der Waals surface area contributed by atoms with Crippen LogP contribution in [0.15, 0.2) is 6.20 Å². The molecule has 10 heteroatoms. The SMILES string of the molecule is CNC(=O)C(C)NC(=O)NCc1cn(CC(=O)O)nn1.